The number of aromatic nitrogens is 1. The van der Waals surface area contributed by atoms with Crippen LogP contribution in [0.15, 0.2) is 23.0 Å². The molecule has 0 aliphatic carbocycles. The first-order valence-electron chi connectivity index (χ1n) is 8.20. The fraction of sp³-hybridized carbons (Fsp3) is 0.500. The Labute approximate surface area is 136 Å². The van der Waals surface area contributed by atoms with E-state index in [0.29, 0.717) is 17.5 Å². The Hall–Kier alpha value is -2.17. The minimum Gasteiger partial charge on any atom is -0.508 e. The molecule has 0 saturated carbocycles. The average molecular weight is 319 g/mol. The van der Waals surface area contributed by atoms with Gasteiger partial charge in [0.15, 0.2) is 5.75 Å². The van der Waals surface area contributed by atoms with Gasteiger partial charge in [0.2, 0.25) is 5.75 Å². The third-order valence-electron chi connectivity index (χ3n) is 3.88. The molecule has 5 nitrogen and oxygen atoms in total. The number of ether oxygens (including phenoxy) is 1. The van der Waals surface area contributed by atoms with E-state index in [1.165, 1.54) is 16.7 Å². The maximum Gasteiger partial charge on any atom is 0.297 e. The molecule has 0 saturated heterocycles. The first kappa shape index (κ1) is 17.2. The molecule has 5 heteroatoms. The van der Waals surface area contributed by atoms with Crippen molar-refractivity contribution >= 4 is 10.9 Å². The van der Waals surface area contributed by atoms with Gasteiger partial charge in [-0.3, -0.25) is 4.79 Å². The molecule has 0 bridgehead atoms. The van der Waals surface area contributed by atoms with Crippen molar-refractivity contribution in [1.82, 2.24) is 4.57 Å². The molecule has 0 fully saturated rings. The standard InChI is InChI=1S/C18H25NO4/c1-4-5-6-7-10-23-17-14-9-8-13(20)11-15(14)19(12(2)3)18(22)16(17)21/h8-9,11-12,20-21H,4-7,10H2,1-3H3. The summed E-state index contributed by atoms with van der Waals surface area (Å²) in [7, 11) is 0. The first-order chi connectivity index (χ1) is 11.0. The van der Waals surface area contributed by atoms with Crippen molar-refractivity contribution in [2.45, 2.75) is 52.5 Å². The molecule has 0 amide bonds. The number of benzene rings is 1. The van der Waals surface area contributed by atoms with Gasteiger partial charge in [-0.05, 0) is 32.4 Å². The van der Waals surface area contributed by atoms with Gasteiger partial charge in [0.25, 0.3) is 5.56 Å². The summed E-state index contributed by atoms with van der Waals surface area (Å²) in [6, 6.07) is 4.58. The number of phenols is 1. The first-order valence-corrected chi connectivity index (χ1v) is 8.20. The number of hydrogen-bond donors (Lipinski definition) is 2. The third-order valence-corrected chi connectivity index (χ3v) is 3.88. The SMILES string of the molecule is CCCCCCOc1c(O)c(=O)n(C(C)C)c2cc(O)ccc12. The van der Waals surface area contributed by atoms with Crippen LogP contribution in [0.5, 0.6) is 17.2 Å². The Balaban J connectivity index is 2.46. The molecule has 2 N–H and O–H groups in total. The van der Waals surface area contributed by atoms with E-state index in [-0.39, 0.29) is 23.3 Å². The number of hydrogen-bond acceptors (Lipinski definition) is 4. The number of nitrogens with zero attached hydrogens (tertiary/aromatic N) is 1. The highest BCUT2D eigenvalue weighted by Gasteiger charge is 2.19. The number of aromatic hydroxyl groups is 2. The fourth-order valence-corrected chi connectivity index (χ4v) is 2.72. The smallest absolute Gasteiger partial charge is 0.297 e. The monoisotopic (exact) mass is 319 g/mol. The van der Waals surface area contributed by atoms with Crippen molar-refractivity contribution in [3.63, 3.8) is 0 Å². The summed E-state index contributed by atoms with van der Waals surface area (Å²) in [5.41, 5.74) is 0.0630. The lowest BCUT2D eigenvalue weighted by atomic mass is 10.1. The van der Waals surface area contributed by atoms with E-state index in [1.807, 2.05) is 13.8 Å². The predicted octanol–water partition coefficient (Wildman–Crippen LogP) is 3.95. The van der Waals surface area contributed by atoms with Crippen LogP contribution in [0.25, 0.3) is 10.9 Å². The van der Waals surface area contributed by atoms with Gasteiger partial charge in [0.05, 0.1) is 12.1 Å². The molecule has 0 unspecified atom stereocenters. The largest absolute Gasteiger partial charge is 0.508 e. The van der Waals surface area contributed by atoms with Crippen molar-refractivity contribution in [1.29, 1.82) is 0 Å². The summed E-state index contributed by atoms with van der Waals surface area (Å²) in [4.78, 5) is 12.4. The average Bonchev–Trinajstić information content (AvgIpc) is 2.50. The summed E-state index contributed by atoms with van der Waals surface area (Å²) in [5.74, 6) is -0.0864. The zero-order valence-electron chi connectivity index (χ0n) is 14.0. The Bertz CT molecular complexity index is 734. The van der Waals surface area contributed by atoms with E-state index >= 15 is 0 Å². The minimum atomic E-state index is -0.498. The summed E-state index contributed by atoms with van der Waals surface area (Å²) in [6.45, 7) is 6.30. The molecular weight excluding hydrogens is 294 g/mol. The molecule has 23 heavy (non-hydrogen) atoms. The maximum atomic E-state index is 12.4. The number of pyridine rings is 1. The topological polar surface area (TPSA) is 71.7 Å². The Morgan fingerprint density at radius 3 is 2.57 bits per heavy atom. The molecule has 0 aliphatic heterocycles. The third kappa shape index (κ3) is 3.60. The zero-order valence-corrected chi connectivity index (χ0v) is 14.0. The Morgan fingerprint density at radius 2 is 1.91 bits per heavy atom. The lowest BCUT2D eigenvalue weighted by molar-refractivity contribution is 0.290. The van der Waals surface area contributed by atoms with E-state index in [4.69, 9.17) is 4.74 Å². The van der Waals surface area contributed by atoms with Gasteiger partial charge in [-0.15, -0.1) is 0 Å². The van der Waals surface area contributed by atoms with E-state index in [9.17, 15) is 15.0 Å². The van der Waals surface area contributed by atoms with Crippen LogP contribution in [-0.2, 0) is 0 Å². The second-order valence-electron chi connectivity index (χ2n) is 6.06. The summed E-state index contributed by atoms with van der Waals surface area (Å²) in [5, 5.41) is 20.6. The molecule has 1 heterocycles. The van der Waals surface area contributed by atoms with Crippen LogP contribution in [-0.4, -0.2) is 21.4 Å². The van der Waals surface area contributed by atoms with Crippen molar-refractivity contribution in [2.75, 3.05) is 6.61 Å². The van der Waals surface area contributed by atoms with Crippen LogP contribution in [0.3, 0.4) is 0 Å². The van der Waals surface area contributed by atoms with E-state index < -0.39 is 5.56 Å². The maximum absolute atomic E-state index is 12.4. The predicted molar refractivity (Wildman–Crippen MR) is 91.6 cm³/mol. The quantitative estimate of drug-likeness (QED) is 0.758. The zero-order chi connectivity index (χ0) is 17.0. The summed E-state index contributed by atoms with van der Waals surface area (Å²) in [6.07, 6.45) is 4.20. The molecular formula is C18H25NO4. The van der Waals surface area contributed by atoms with Gasteiger partial charge in [-0.25, -0.2) is 0 Å². The van der Waals surface area contributed by atoms with Crippen molar-refractivity contribution in [2.24, 2.45) is 0 Å². The molecule has 2 rings (SSSR count). The van der Waals surface area contributed by atoms with Crippen LogP contribution < -0.4 is 10.3 Å². The molecule has 0 spiro atoms. The van der Waals surface area contributed by atoms with Crippen LogP contribution in [0.1, 0.15) is 52.5 Å². The van der Waals surface area contributed by atoms with Gasteiger partial charge >= 0.3 is 0 Å². The highest BCUT2D eigenvalue weighted by Crippen LogP contribution is 2.34. The summed E-state index contributed by atoms with van der Waals surface area (Å²) >= 11 is 0. The van der Waals surface area contributed by atoms with Gasteiger partial charge in [-0.1, -0.05) is 26.2 Å². The molecule has 126 valence electrons. The molecule has 0 atom stereocenters. The van der Waals surface area contributed by atoms with Crippen LogP contribution >= 0.6 is 0 Å². The second kappa shape index (κ2) is 7.40. The highest BCUT2D eigenvalue weighted by atomic mass is 16.5. The molecule has 1 aromatic carbocycles. The van der Waals surface area contributed by atoms with E-state index in [2.05, 4.69) is 6.92 Å². The minimum absolute atomic E-state index is 0.0749. The fourth-order valence-electron chi connectivity index (χ4n) is 2.72. The number of rotatable bonds is 7. The van der Waals surface area contributed by atoms with Gasteiger partial charge < -0.3 is 19.5 Å². The van der Waals surface area contributed by atoms with Crippen LogP contribution in [0.4, 0.5) is 0 Å². The highest BCUT2D eigenvalue weighted by molar-refractivity contribution is 5.88. The van der Waals surface area contributed by atoms with Crippen LogP contribution in [0, 0.1) is 0 Å². The van der Waals surface area contributed by atoms with Crippen molar-refractivity contribution in [3.05, 3.63) is 28.6 Å². The molecule has 0 radical (unpaired) electrons. The molecule has 2 aromatic rings. The van der Waals surface area contributed by atoms with Gasteiger partial charge in [-0.2, -0.15) is 0 Å². The van der Waals surface area contributed by atoms with Gasteiger partial charge in [0, 0.05) is 17.5 Å². The lowest BCUT2D eigenvalue weighted by Gasteiger charge is -2.18. The number of fused-ring (bicyclic) bond motifs is 1. The second-order valence-corrected chi connectivity index (χ2v) is 6.06. The lowest BCUT2D eigenvalue weighted by Crippen LogP contribution is -2.22. The van der Waals surface area contributed by atoms with Crippen LogP contribution in [0.2, 0.25) is 0 Å². The van der Waals surface area contributed by atoms with E-state index in [1.54, 1.807) is 6.07 Å². The molecule has 1 aromatic heterocycles. The molecule has 0 aliphatic rings. The Kier molecular flexibility index (Phi) is 5.53. The summed E-state index contributed by atoms with van der Waals surface area (Å²) < 4.78 is 7.17. The van der Waals surface area contributed by atoms with Crippen molar-refractivity contribution < 1.29 is 14.9 Å². The number of phenolic OH excluding ortho intramolecular Hbond substituents is 1. The normalized spacial score (nSPS) is 11.3. The number of unbranched alkanes of at least 4 members (excludes halogenated alkanes) is 3. The Morgan fingerprint density at radius 1 is 1.17 bits per heavy atom. The van der Waals surface area contributed by atoms with E-state index in [0.717, 1.165) is 25.7 Å². The van der Waals surface area contributed by atoms with Gasteiger partial charge in [0.1, 0.15) is 5.75 Å². The van der Waals surface area contributed by atoms with Crippen molar-refractivity contribution in [3.8, 4) is 17.2 Å².